The molecule has 1 aliphatic heterocycles. The lowest BCUT2D eigenvalue weighted by atomic mass is 9.96. The van der Waals surface area contributed by atoms with Gasteiger partial charge in [0.25, 0.3) is 0 Å². The molecule has 0 aromatic heterocycles. The van der Waals surface area contributed by atoms with Gasteiger partial charge in [0.05, 0.1) is 12.7 Å². The van der Waals surface area contributed by atoms with Gasteiger partial charge in [-0.2, -0.15) is 0 Å². The Morgan fingerprint density at radius 2 is 2.33 bits per heavy atom. The highest BCUT2D eigenvalue weighted by Gasteiger charge is 2.29. The Labute approximate surface area is 92.0 Å². The Hall–Kier alpha value is -0.545. The van der Waals surface area contributed by atoms with E-state index in [9.17, 15) is 4.79 Å². The van der Waals surface area contributed by atoms with Gasteiger partial charge in [0.1, 0.15) is 7.85 Å². The molecule has 0 aromatic carbocycles. The minimum absolute atomic E-state index is 0.00893. The van der Waals surface area contributed by atoms with Crippen LogP contribution in [0.3, 0.4) is 0 Å². The molecule has 3 atom stereocenters. The van der Waals surface area contributed by atoms with Crippen LogP contribution in [0, 0.1) is 5.92 Å². The molecule has 0 aromatic rings. The quantitative estimate of drug-likeness (QED) is 0.654. The van der Waals surface area contributed by atoms with Crippen LogP contribution in [0.5, 0.6) is 0 Å². The molecule has 5 heteroatoms. The van der Waals surface area contributed by atoms with Crippen LogP contribution in [0.25, 0.3) is 0 Å². The molecule has 15 heavy (non-hydrogen) atoms. The number of ether oxygens (including phenoxy) is 1. The Balaban J connectivity index is 2.57. The molecule has 0 saturated carbocycles. The van der Waals surface area contributed by atoms with Crippen LogP contribution in [0.1, 0.15) is 20.3 Å². The molecule has 1 fully saturated rings. The monoisotopic (exact) mass is 211 g/mol. The fourth-order valence-electron chi connectivity index (χ4n) is 1.64. The van der Waals surface area contributed by atoms with E-state index < -0.39 is 6.00 Å². The molecule has 4 nitrogen and oxygen atoms in total. The first-order valence-electron chi connectivity index (χ1n) is 5.39. The van der Waals surface area contributed by atoms with Gasteiger partial charge in [-0.05, 0) is 6.42 Å². The Bertz CT molecular complexity index is 225. The molecule has 1 amide bonds. The van der Waals surface area contributed by atoms with Gasteiger partial charge in [-0.1, -0.05) is 13.8 Å². The highest BCUT2D eigenvalue weighted by atomic mass is 16.5. The maximum Gasteiger partial charge on any atom is 0.225 e. The molecule has 3 unspecified atom stereocenters. The zero-order valence-corrected chi connectivity index (χ0v) is 9.35. The van der Waals surface area contributed by atoms with Crippen LogP contribution < -0.4 is 0 Å². The lowest BCUT2D eigenvalue weighted by Gasteiger charge is -2.37. The first-order valence-corrected chi connectivity index (χ1v) is 5.39. The van der Waals surface area contributed by atoms with E-state index in [0.717, 1.165) is 6.42 Å². The number of morpholine rings is 1. The van der Waals surface area contributed by atoms with E-state index in [1.807, 2.05) is 13.8 Å². The number of aliphatic hydroxyl groups is 1. The molecule has 1 N–H and O–H groups in total. The molecule has 84 valence electrons. The molecule has 2 radical (unpaired) electrons. The molecule has 1 rings (SSSR count). The Morgan fingerprint density at radius 1 is 1.67 bits per heavy atom. The average molecular weight is 211 g/mol. The summed E-state index contributed by atoms with van der Waals surface area (Å²) in [6.45, 7) is 4.63. The van der Waals surface area contributed by atoms with Crippen molar-refractivity contribution >= 4 is 13.8 Å². The van der Waals surface area contributed by atoms with E-state index in [4.69, 9.17) is 17.7 Å². The summed E-state index contributed by atoms with van der Waals surface area (Å²) in [6, 6.07) is -0.482. The van der Waals surface area contributed by atoms with Crippen LogP contribution in [-0.2, 0) is 9.53 Å². The SMILES string of the molecule is [B]C1CN(C(=O)C(C)CC)CC(CO)O1. The third-order valence-electron chi connectivity index (χ3n) is 2.74. The average Bonchev–Trinajstić information content (AvgIpc) is 2.26. The first-order chi connectivity index (χ1) is 7.08. The van der Waals surface area contributed by atoms with Crippen molar-refractivity contribution in [1.29, 1.82) is 0 Å². The lowest BCUT2D eigenvalue weighted by molar-refractivity contribution is -0.146. The normalized spacial score (nSPS) is 28.9. The summed E-state index contributed by atoms with van der Waals surface area (Å²) in [6.07, 6.45) is 0.469. The number of hydrogen-bond donors (Lipinski definition) is 1. The molecular formula is C10H18BNO3. The van der Waals surface area contributed by atoms with Crippen molar-refractivity contribution in [2.45, 2.75) is 32.4 Å². The fourth-order valence-corrected chi connectivity index (χ4v) is 1.64. The highest BCUT2D eigenvalue weighted by molar-refractivity contribution is 6.11. The standard InChI is InChI=1S/C10H18BNO3/c1-3-7(2)10(14)12-4-8(6-13)15-9(11)5-12/h7-9,13H,3-6H2,1-2H3. The van der Waals surface area contributed by atoms with Crippen LogP contribution in [0.15, 0.2) is 0 Å². The molecule has 0 aliphatic carbocycles. The van der Waals surface area contributed by atoms with E-state index in [0.29, 0.717) is 13.1 Å². The summed E-state index contributed by atoms with van der Waals surface area (Å²) in [5, 5.41) is 8.99. The topological polar surface area (TPSA) is 49.8 Å². The second-order valence-corrected chi connectivity index (χ2v) is 4.03. The maximum absolute atomic E-state index is 11.9. The number of rotatable bonds is 3. The second-order valence-electron chi connectivity index (χ2n) is 4.03. The van der Waals surface area contributed by atoms with Crippen molar-refractivity contribution in [2.75, 3.05) is 19.7 Å². The van der Waals surface area contributed by atoms with Gasteiger partial charge in [0.15, 0.2) is 0 Å². The minimum Gasteiger partial charge on any atom is -0.394 e. The van der Waals surface area contributed by atoms with Gasteiger partial charge in [-0.15, -0.1) is 0 Å². The zero-order chi connectivity index (χ0) is 11.4. The number of hydrogen-bond acceptors (Lipinski definition) is 3. The van der Waals surface area contributed by atoms with Crippen molar-refractivity contribution < 1.29 is 14.6 Å². The summed E-state index contributed by atoms with van der Waals surface area (Å²) in [7, 11) is 5.64. The summed E-state index contributed by atoms with van der Waals surface area (Å²) in [4.78, 5) is 13.6. The summed E-state index contributed by atoms with van der Waals surface area (Å²) in [5.74, 6) is 0.101. The number of aliphatic hydroxyl groups excluding tert-OH is 1. The fraction of sp³-hybridized carbons (Fsp3) is 0.900. The third kappa shape index (κ3) is 3.21. The molecule has 0 bridgehead atoms. The number of amides is 1. The van der Waals surface area contributed by atoms with Gasteiger partial charge in [-0.3, -0.25) is 4.79 Å². The number of carbonyl (C=O) groups excluding carboxylic acids is 1. The summed E-state index contributed by atoms with van der Waals surface area (Å²) < 4.78 is 5.26. The highest BCUT2D eigenvalue weighted by Crippen LogP contribution is 2.14. The van der Waals surface area contributed by atoms with E-state index in [-0.39, 0.29) is 24.5 Å². The van der Waals surface area contributed by atoms with Crippen molar-refractivity contribution in [3.63, 3.8) is 0 Å². The number of nitrogens with zero attached hydrogens (tertiary/aromatic N) is 1. The molecule has 0 spiro atoms. The Morgan fingerprint density at radius 3 is 2.87 bits per heavy atom. The van der Waals surface area contributed by atoms with Gasteiger partial charge < -0.3 is 14.7 Å². The van der Waals surface area contributed by atoms with Crippen LogP contribution >= 0.6 is 0 Å². The van der Waals surface area contributed by atoms with Crippen molar-refractivity contribution in [2.24, 2.45) is 5.92 Å². The molecule has 1 heterocycles. The molecule has 1 saturated heterocycles. The van der Waals surface area contributed by atoms with E-state index in [1.165, 1.54) is 0 Å². The van der Waals surface area contributed by atoms with E-state index in [2.05, 4.69) is 0 Å². The van der Waals surface area contributed by atoms with Crippen molar-refractivity contribution in [1.82, 2.24) is 4.90 Å². The first kappa shape index (κ1) is 12.5. The van der Waals surface area contributed by atoms with Gasteiger partial charge in [-0.25, -0.2) is 0 Å². The molecular weight excluding hydrogens is 193 g/mol. The predicted octanol–water partition coefficient (Wildman–Crippen LogP) is -0.253. The van der Waals surface area contributed by atoms with Crippen molar-refractivity contribution in [3.05, 3.63) is 0 Å². The summed E-state index contributed by atoms with van der Waals surface area (Å²) in [5.41, 5.74) is 0. The smallest absolute Gasteiger partial charge is 0.225 e. The minimum atomic E-state index is -0.482. The predicted molar refractivity (Wildman–Crippen MR) is 57.5 cm³/mol. The zero-order valence-electron chi connectivity index (χ0n) is 9.35. The maximum atomic E-state index is 11.9. The number of carbonyl (C=O) groups is 1. The van der Waals surface area contributed by atoms with Crippen LogP contribution in [0.2, 0.25) is 0 Å². The van der Waals surface area contributed by atoms with Crippen LogP contribution in [-0.4, -0.2) is 55.6 Å². The van der Waals surface area contributed by atoms with Gasteiger partial charge in [0.2, 0.25) is 5.91 Å². The van der Waals surface area contributed by atoms with Crippen molar-refractivity contribution in [3.8, 4) is 0 Å². The van der Waals surface area contributed by atoms with E-state index in [1.54, 1.807) is 4.90 Å². The lowest BCUT2D eigenvalue weighted by Crippen LogP contribution is -2.52. The largest absolute Gasteiger partial charge is 0.394 e. The van der Waals surface area contributed by atoms with E-state index >= 15 is 0 Å². The van der Waals surface area contributed by atoms with Crippen LogP contribution in [0.4, 0.5) is 0 Å². The third-order valence-corrected chi connectivity index (χ3v) is 2.74. The van der Waals surface area contributed by atoms with Gasteiger partial charge >= 0.3 is 0 Å². The summed E-state index contributed by atoms with van der Waals surface area (Å²) >= 11 is 0. The Kier molecular flexibility index (Phi) is 4.60. The van der Waals surface area contributed by atoms with Gasteiger partial charge in [0, 0.05) is 25.0 Å². The second kappa shape index (κ2) is 5.51. The molecule has 1 aliphatic rings.